The van der Waals surface area contributed by atoms with Gasteiger partial charge >= 0.3 is 0 Å². The molecule has 2 aromatic rings. The van der Waals surface area contributed by atoms with Crippen molar-refractivity contribution >= 4 is 62.4 Å². The molecule has 0 atom stereocenters. The van der Waals surface area contributed by atoms with Gasteiger partial charge in [0, 0.05) is 5.56 Å². The van der Waals surface area contributed by atoms with Crippen LogP contribution in [0.3, 0.4) is 0 Å². The van der Waals surface area contributed by atoms with Gasteiger partial charge in [0.2, 0.25) is 0 Å². The van der Waals surface area contributed by atoms with Crippen LogP contribution in [0.4, 0.5) is 0 Å². The Kier molecular flexibility index (Phi) is 5.75. The largest absolute Gasteiger partial charge is 0.507 e. The topological polar surface area (TPSA) is 62.1 Å². The molecule has 3 rings (SSSR count). The Morgan fingerprint density at radius 2 is 2.08 bits per heavy atom. The SMILES string of the molecule is COc1ccc(C=NN2C(=O)C(=Cc3ccccc3O)SC2=S)cc1Br. The van der Waals surface area contributed by atoms with Crippen molar-refractivity contribution in [1.29, 1.82) is 0 Å². The van der Waals surface area contributed by atoms with E-state index in [4.69, 9.17) is 17.0 Å². The Labute approximate surface area is 168 Å². The van der Waals surface area contributed by atoms with Gasteiger partial charge in [-0.1, -0.05) is 30.0 Å². The van der Waals surface area contributed by atoms with Crippen molar-refractivity contribution in [2.45, 2.75) is 0 Å². The van der Waals surface area contributed by atoms with Crippen LogP contribution in [0.1, 0.15) is 11.1 Å². The van der Waals surface area contributed by atoms with Gasteiger partial charge in [-0.05, 0) is 64.1 Å². The minimum atomic E-state index is -0.327. The van der Waals surface area contributed by atoms with Crippen molar-refractivity contribution in [3.8, 4) is 11.5 Å². The van der Waals surface area contributed by atoms with E-state index >= 15 is 0 Å². The van der Waals surface area contributed by atoms with Crippen LogP contribution >= 0.6 is 39.9 Å². The van der Waals surface area contributed by atoms with Crippen LogP contribution in [-0.4, -0.2) is 33.7 Å². The van der Waals surface area contributed by atoms with Crippen LogP contribution in [0, 0.1) is 0 Å². The molecule has 1 amide bonds. The molecule has 0 aromatic heterocycles. The molecule has 5 nitrogen and oxygen atoms in total. The molecule has 1 aliphatic rings. The number of ether oxygens (including phenoxy) is 1. The number of hydrazone groups is 1. The fourth-order valence-corrected chi connectivity index (χ4v) is 3.92. The number of halogens is 1. The first kappa shape index (κ1) is 18.6. The number of hydrogen-bond donors (Lipinski definition) is 1. The highest BCUT2D eigenvalue weighted by molar-refractivity contribution is 9.10. The molecule has 26 heavy (non-hydrogen) atoms. The number of thiocarbonyl (C=S) groups is 1. The molecule has 8 heteroatoms. The highest BCUT2D eigenvalue weighted by Gasteiger charge is 2.32. The van der Waals surface area contributed by atoms with Gasteiger partial charge in [-0.25, -0.2) is 0 Å². The predicted molar refractivity (Wildman–Crippen MR) is 111 cm³/mol. The van der Waals surface area contributed by atoms with Crippen molar-refractivity contribution in [2.75, 3.05) is 7.11 Å². The Hall–Kier alpha value is -2.16. The number of carbonyl (C=O) groups excluding carboxylic acids is 1. The molecule has 1 fully saturated rings. The van der Waals surface area contributed by atoms with E-state index in [0.29, 0.717) is 20.5 Å². The normalized spacial score (nSPS) is 16.1. The third-order valence-corrected chi connectivity index (χ3v) is 5.40. The van der Waals surface area contributed by atoms with Crippen LogP contribution < -0.4 is 4.74 Å². The molecule has 132 valence electrons. The number of aromatic hydroxyl groups is 1. The first-order chi connectivity index (χ1) is 12.5. The third-order valence-electron chi connectivity index (χ3n) is 3.49. The van der Waals surface area contributed by atoms with Crippen LogP contribution in [0.5, 0.6) is 11.5 Å². The third kappa shape index (κ3) is 3.98. The van der Waals surface area contributed by atoms with E-state index in [9.17, 15) is 9.90 Å². The van der Waals surface area contributed by atoms with Crippen LogP contribution in [0.15, 0.2) is 56.9 Å². The lowest BCUT2D eigenvalue weighted by Crippen LogP contribution is -2.22. The maximum Gasteiger partial charge on any atom is 0.286 e. The van der Waals surface area contributed by atoms with Gasteiger partial charge in [0.05, 0.1) is 22.7 Å². The molecule has 0 aliphatic carbocycles. The van der Waals surface area contributed by atoms with Gasteiger partial charge in [0.1, 0.15) is 11.5 Å². The number of phenolic OH excluding ortho intramolecular Hbond substituents is 1. The van der Waals surface area contributed by atoms with Gasteiger partial charge < -0.3 is 9.84 Å². The second-order valence-electron chi connectivity index (χ2n) is 5.19. The summed E-state index contributed by atoms with van der Waals surface area (Å²) in [5.74, 6) is 0.481. The number of thioether (sulfide) groups is 1. The van der Waals surface area contributed by atoms with Gasteiger partial charge in [-0.3, -0.25) is 4.79 Å². The van der Waals surface area contributed by atoms with Crippen molar-refractivity contribution in [2.24, 2.45) is 5.10 Å². The summed E-state index contributed by atoms with van der Waals surface area (Å²) in [6, 6.07) is 12.2. The van der Waals surface area contributed by atoms with Crippen molar-refractivity contribution in [3.63, 3.8) is 0 Å². The fraction of sp³-hybridized carbons (Fsp3) is 0.0556. The van der Waals surface area contributed by atoms with Crippen LogP contribution in [0.2, 0.25) is 0 Å². The van der Waals surface area contributed by atoms with Gasteiger partial charge in [0.25, 0.3) is 5.91 Å². The number of methoxy groups -OCH3 is 1. The molecule has 0 bridgehead atoms. The number of nitrogens with zero attached hydrogens (tertiary/aromatic N) is 2. The van der Waals surface area contributed by atoms with Crippen molar-refractivity contribution in [3.05, 3.63) is 63.0 Å². The number of rotatable bonds is 4. The molecule has 0 saturated carbocycles. The maximum atomic E-state index is 12.5. The fourth-order valence-electron chi connectivity index (χ4n) is 2.20. The summed E-state index contributed by atoms with van der Waals surface area (Å²) in [6.07, 6.45) is 3.16. The van der Waals surface area contributed by atoms with E-state index < -0.39 is 0 Å². The number of para-hydroxylation sites is 1. The van der Waals surface area contributed by atoms with E-state index in [-0.39, 0.29) is 11.7 Å². The minimum absolute atomic E-state index is 0.101. The minimum Gasteiger partial charge on any atom is -0.507 e. The lowest BCUT2D eigenvalue weighted by molar-refractivity contribution is -0.122. The summed E-state index contributed by atoms with van der Waals surface area (Å²) in [5.41, 5.74) is 1.34. The van der Waals surface area contributed by atoms with Crippen LogP contribution in [0.25, 0.3) is 6.08 Å². The molecule has 1 saturated heterocycles. The summed E-state index contributed by atoms with van der Waals surface area (Å²) in [4.78, 5) is 13.0. The second-order valence-corrected chi connectivity index (χ2v) is 7.72. The summed E-state index contributed by atoms with van der Waals surface area (Å²) in [6.45, 7) is 0. The molecule has 1 heterocycles. The lowest BCUT2D eigenvalue weighted by Gasteiger charge is -2.07. The maximum absolute atomic E-state index is 12.5. The molecule has 0 radical (unpaired) electrons. The molecule has 1 aliphatic heterocycles. The Morgan fingerprint density at radius 1 is 1.31 bits per heavy atom. The second kappa shape index (κ2) is 8.03. The molecule has 2 aromatic carbocycles. The zero-order chi connectivity index (χ0) is 18.7. The van der Waals surface area contributed by atoms with E-state index in [1.165, 1.54) is 5.01 Å². The lowest BCUT2D eigenvalue weighted by atomic mass is 10.2. The number of amides is 1. The highest BCUT2D eigenvalue weighted by atomic mass is 79.9. The number of benzene rings is 2. The van der Waals surface area contributed by atoms with Crippen molar-refractivity contribution in [1.82, 2.24) is 5.01 Å². The Morgan fingerprint density at radius 3 is 2.77 bits per heavy atom. The van der Waals surface area contributed by atoms with Crippen molar-refractivity contribution < 1.29 is 14.6 Å². The number of carbonyl (C=O) groups is 1. The monoisotopic (exact) mass is 448 g/mol. The van der Waals surface area contributed by atoms with E-state index in [1.54, 1.807) is 49.7 Å². The smallest absolute Gasteiger partial charge is 0.286 e. The molecule has 0 spiro atoms. The van der Waals surface area contributed by atoms with E-state index in [2.05, 4.69) is 21.0 Å². The average molecular weight is 449 g/mol. The van der Waals surface area contributed by atoms with Gasteiger partial charge in [0.15, 0.2) is 4.32 Å². The van der Waals surface area contributed by atoms with E-state index in [0.717, 1.165) is 21.8 Å². The van der Waals surface area contributed by atoms with Gasteiger partial charge in [-0.2, -0.15) is 10.1 Å². The summed E-state index contributed by atoms with van der Waals surface area (Å²) in [7, 11) is 1.59. The predicted octanol–water partition coefficient (Wildman–Crippen LogP) is 4.40. The number of phenols is 1. The standard InChI is InChI=1S/C18H13BrN2O3S2/c1-24-15-7-6-11(8-13(15)19)10-20-21-17(23)16(26-18(21)25)9-12-4-2-3-5-14(12)22/h2-10,22H,1H3. The van der Waals surface area contributed by atoms with Crippen LogP contribution in [-0.2, 0) is 4.79 Å². The van der Waals surface area contributed by atoms with E-state index in [1.807, 2.05) is 12.1 Å². The molecule has 0 unspecified atom stereocenters. The Bertz CT molecular complexity index is 944. The number of hydrogen-bond acceptors (Lipinski definition) is 6. The summed E-state index contributed by atoms with van der Waals surface area (Å²) >= 11 is 9.80. The average Bonchev–Trinajstić information content (AvgIpc) is 2.88. The first-order valence-electron chi connectivity index (χ1n) is 7.43. The van der Waals surface area contributed by atoms with Gasteiger partial charge in [-0.15, -0.1) is 0 Å². The molecular formula is C18H13BrN2O3S2. The Balaban J connectivity index is 1.81. The molecule has 1 N–H and O–H groups in total. The zero-order valence-electron chi connectivity index (χ0n) is 13.5. The zero-order valence-corrected chi connectivity index (χ0v) is 16.8. The summed E-state index contributed by atoms with van der Waals surface area (Å²) in [5, 5.41) is 15.2. The highest BCUT2D eigenvalue weighted by Crippen LogP contribution is 2.34. The quantitative estimate of drug-likeness (QED) is 0.426. The first-order valence-corrected chi connectivity index (χ1v) is 9.45. The summed E-state index contributed by atoms with van der Waals surface area (Å²) < 4.78 is 6.30. The molecular weight excluding hydrogens is 436 g/mol.